The molecule has 0 aliphatic carbocycles. The molecule has 2 aromatic rings. The van der Waals surface area contributed by atoms with Crippen molar-refractivity contribution in [3.8, 4) is 10.6 Å². The Morgan fingerprint density at radius 2 is 2.00 bits per heavy atom. The van der Waals surface area contributed by atoms with E-state index in [4.69, 9.17) is 4.74 Å². The number of hydrogen-bond donors (Lipinski definition) is 2. The molecule has 2 rings (SSSR count). The van der Waals surface area contributed by atoms with Crippen LogP contribution in [-0.4, -0.2) is 36.0 Å². The zero-order chi connectivity index (χ0) is 18.2. The number of imide groups is 1. The van der Waals surface area contributed by atoms with E-state index in [2.05, 4.69) is 16.9 Å². The molecule has 3 amide bonds. The number of benzene rings is 1. The molecule has 0 bridgehead atoms. The van der Waals surface area contributed by atoms with Gasteiger partial charge in [0.05, 0.1) is 5.69 Å². The van der Waals surface area contributed by atoms with Crippen LogP contribution in [0.2, 0.25) is 0 Å². The van der Waals surface area contributed by atoms with Crippen LogP contribution in [0.25, 0.3) is 10.6 Å². The van der Waals surface area contributed by atoms with Crippen LogP contribution < -0.4 is 10.6 Å². The first-order chi connectivity index (χ1) is 12.0. The Hall–Kier alpha value is -3.00. The minimum atomic E-state index is -0.722. The maximum absolute atomic E-state index is 12.1. The second-order valence-corrected chi connectivity index (χ2v) is 5.92. The number of nitrogens with one attached hydrogen (secondary N) is 2. The fourth-order valence-corrected chi connectivity index (χ4v) is 2.82. The normalized spacial score (nSPS) is 9.96. The highest BCUT2D eigenvalue weighted by Gasteiger charge is 2.19. The van der Waals surface area contributed by atoms with Gasteiger partial charge in [-0.15, -0.1) is 17.9 Å². The van der Waals surface area contributed by atoms with Crippen molar-refractivity contribution in [2.45, 2.75) is 6.92 Å². The summed E-state index contributed by atoms with van der Waals surface area (Å²) >= 11 is 1.19. The number of hydrogen-bond acceptors (Lipinski definition) is 6. The molecule has 130 valence electrons. The zero-order valence-corrected chi connectivity index (χ0v) is 14.4. The van der Waals surface area contributed by atoms with Gasteiger partial charge in [-0.25, -0.2) is 14.6 Å². The van der Waals surface area contributed by atoms with Crippen molar-refractivity contribution in [1.29, 1.82) is 0 Å². The number of rotatable bonds is 6. The van der Waals surface area contributed by atoms with Gasteiger partial charge in [0.2, 0.25) is 0 Å². The van der Waals surface area contributed by atoms with Crippen molar-refractivity contribution >= 4 is 29.2 Å². The molecule has 0 atom stereocenters. The third kappa shape index (κ3) is 5.25. The summed E-state index contributed by atoms with van der Waals surface area (Å²) in [5, 5.41) is 5.11. The summed E-state index contributed by atoms with van der Waals surface area (Å²) in [5.41, 5.74) is 1.42. The molecular weight excluding hydrogens is 342 g/mol. The Balaban J connectivity index is 1.93. The van der Waals surface area contributed by atoms with Crippen molar-refractivity contribution in [3.63, 3.8) is 0 Å². The molecule has 0 aliphatic rings. The predicted octanol–water partition coefficient (Wildman–Crippen LogP) is 2.29. The second-order valence-electron chi connectivity index (χ2n) is 4.92. The number of carbonyl (C=O) groups excluding carboxylic acids is 3. The number of esters is 1. The summed E-state index contributed by atoms with van der Waals surface area (Å²) in [4.78, 5) is 39.7. The van der Waals surface area contributed by atoms with Crippen molar-refractivity contribution in [2.24, 2.45) is 0 Å². The monoisotopic (exact) mass is 359 g/mol. The standard InChI is InChI=1S/C17H17N3O4S/c1-3-9-18-17(23)20-13(21)10-24-16(22)14-11(2)19-15(25-14)12-7-5-4-6-8-12/h3-8H,1,9-10H2,2H3,(H2,18,20,21,23). The third-order valence-corrected chi connectivity index (χ3v) is 4.18. The highest BCUT2D eigenvalue weighted by molar-refractivity contribution is 7.17. The fourth-order valence-electron chi connectivity index (χ4n) is 1.86. The first-order valence-electron chi connectivity index (χ1n) is 7.39. The summed E-state index contributed by atoms with van der Waals surface area (Å²) in [6, 6.07) is 8.76. The lowest BCUT2D eigenvalue weighted by Crippen LogP contribution is -2.41. The van der Waals surface area contributed by atoms with Crippen LogP contribution in [0.15, 0.2) is 43.0 Å². The summed E-state index contributed by atoms with van der Waals surface area (Å²) < 4.78 is 4.94. The molecule has 25 heavy (non-hydrogen) atoms. The summed E-state index contributed by atoms with van der Waals surface area (Å²) in [6.07, 6.45) is 1.47. The molecule has 0 aliphatic heterocycles. The Morgan fingerprint density at radius 3 is 2.68 bits per heavy atom. The van der Waals surface area contributed by atoms with Gasteiger partial charge in [0.1, 0.15) is 9.88 Å². The van der Waals surface area contributed by atoms with Gasteiger partial charge in [0.15, 0.2) is 6.61 Å². The first kappa shape index (κ1) is 18.3. The maximum atomic E-state index is 12.1. The van der Waals surface area contributed by atoms with Gasteiger partial charge in [-0.2, -0.15) is 0 Å². The van der Waals surface area contributed by atoms with Gasteiger partial charge in [0, 0.05) is 12.1 Å². The lowest BCUT2D eigenvalue weighted by Gasteiger charge is -2.05. The second kappa shape index (κ2) is 8.74. The first-order valence-corrected chi connectivity index (χ1v) is 8.21. The molecule has 0 radical (unpaired) electrons. The number of urea groups is 1. The molecule has 7 nitrogen and oxygen atoms in total. The van der Waals surface area contributed by atoms with Gasteiger partial charge < -0.3 is 10.1 Å². The average molecular weight is 359 g/mol. The zero-order valence-electron chi connectivity index (χ0n) is 13.6. The molecule has 0 saturated carbocycles. The quantitative estimate of drug-likeness (QED) is 0.609. The molecule has 0 spiro atoms. The minimum absolute atomic E-state index is 0.223. The molecule has 2 N–H and O–H groups in total. The van der Waals surface area contributed by atoms with Crippen molar-refractivity contribution in [3.05, 3.63) is 53.6 Å². The highest BCUT2D eigenvalue weighted by Crippen LogP contribution is 2.28. The van der Waals surface area contributed by atoms with E-state index in [1.807, 2.05) is 35.6 Å². The van der Waals surface area contributed by atoms with Crippen molar-refractivity contribution in [2.75, 3.05) is 13.2 Å². The van der Waals surface area contributed by atoms with Crippen LogP contribution in [0.3, 0.4) is 0 Å². The SMILES string of the molecule is C=CCNC(=O)NC(=O)COC(=O)c1sc(-c2ccccc2)nc1C. The number of thiazole rings is 1. The molecule has 1 aromatic heterocycles. The summed E-state index contributed by atoms with van der Waals surface area (Å²) in [6.45, 7) is 4.80. The number of carbonyl (C=O) groups is 3. The van der Waals surface area contributed by atoms with E-state index >= 15 is 0 Å². The topological polar surface area (TPSA) is 97.4 Å². The molecular formula is C17H17N3O4S. The van der Waals surface area contributed by atoms with Crippen LogP contribution in [-0.2, 0) is 9.53 Å². The molecule has 1 heterocycles. The molecule has 1 aromatic carbocycles. The van der Waals surface area contributed by atoms with Gasteiger partial charge >= 0.3 is 12.0 Å². The maximum Gasteiger partial charge on any atom is 0.350 e. The average Bonchev–Trinajstić information content (AvgIpc) is 3.00. The Morgan fingerprint density at radius 1 is 1.28 bits per heavy atom. The molecule has 8 heteroatoms. The van der Waals surface area contributed by atoms with Crippen LogP contribution >= 0.6 is 11.3 Å². The van der Waals surface area contributed by atoms with Crippen molar-refractivity contribution < 1.29 is 19.1 Å². The number of ether oxygens (including phenoxy) is 1. The summed E-state index contributed by atoms with van der Waals surface area (Å²) in [7, 11) is 0. The van der Waals surface area contributed by atoms with E-state index in [0.29, 0.717) is 15.6 Å². The van der Waals surface area contributed by atoms with E-state index in [1.165, 1.54) is 17.4 Å². The Kier molecular flexibility index (Phi) is 6.41. The van der Waals surface area contributed by atoms with Gasteiger partial charge in [-0.3, -0.25) is 10.1 Å². The largest absolute Gasteiger partial charge is 0.451 e. The lowest BCUT2D eigenvalue weighted by atomic mass is 10.2. The minimum Gasteiger partial charge on any atom is -0.451 e. The highest BCUT2D eigenvalue weighted by atomic mass is 32.1. The number of aryl methyl sites for hydroxylation is 1. The Labute approximate surface area is 148 Å². The van der Waals surface area contributed by atoms with Gasteiger partial charge in [-0.1, -0.05) is 36.4 Å². The van der Waals surface area contributed by atoms with Crippen LogP contribution in [0.5, 0.6) is 0 Å². The van der Waals surface area contributed by atoms with E-state index in [1.54, 1.807) is 6.92 Å². The Bertz CT molecular complexity index is 786. The van der Waals surface area contributed by atoms with E-state index in [-0.39, 0.29) is 6.54 Å². The third-order valence-electron chi connectivity index (χ3n) is 3.00. The lowest BCUT2D eigenvalue weighted by molar-refractivity contribution is -0.123. The molecule has 0 saturated heterocycles. The predicted molar refractivity (Wildman–Crippen MR) is 94.3 cm³/mol. The van der Waals surface area contributed by atoms with Crippen LogP contribution in [0.1, 0.15) is 15.4 Å². The number of nitrogens with zero attached hydrogens (tertiary/aromatic N) is 1. The molecule has 0 fully saturated rings. The smallest absolute Gasteiger partial charge is 0.350 e. The van der Waals surface area contributed by atoms with Gasteiger partial charge in [0.25, 0.3) is 5.91 Å². The van der Waals surface area contributed by atoms with Crippen LogP contribution in [0, 0.1) is 6.92 Å². The number of amides is 3. The summed E-state index contributed by atoms with van der Waals surface area (Å²) in [5.74, 6) is -1.38. The molecule has 0 unspecified atom stereocenters. The van der Waals surface area contributed by atoms with Crippen molar-refractivity contribution in [1.82, 2.24) is 15.6 Å². The van der Waals surface area contributed by atoms with E-state index < -0.39 is 24.5 Å². The van der Waals surface area contributed by atoms with E-state index in [0.717, 1.165) is 5.56 Å². The van der Waals surface area contributed by atoms with Gasteiger partial charge in [-0.05, 0) is 6.92 Å². The number of aromatic nitrogens is 1. The fraction of sp³-hybridized carbons (Fsp3) is 0.176. The van der Waals surface area contributed by atoms with E-state index in [9.17, 15) is 14.4 Å². The van der Waals surface area contributed by atoms with Crippen LogP contribution in [0.4, 0.5) is 4.79 Å².